The number of amides is 2. The lowest BCUT2D eigenvalue weighted by molar-refractivity contribution is -0.145. The van der Waals surface area contributed by atoms with Crippen molar-refractivity contribution in [3.63, 3.8) is 0 Å². The highest BCUT2D eigenvalue weighted by atomic mass is 16.5. The summed E-state index contributed by atoms with van der Waals surface area (Å²) in [6.45, 7) is 0.586. The number of rotatable bonds is 7. The van der Waals surface area contributed by atoms with Crippen LogP contribution in [-0.4, -0.2) is 66.4 Å². The van der Waals surface area contributed by atoms with E-state index < -0.39 is 30.4 Å². The fourth-order valence-corrected chi connectivity index (χ4v) is 0.964. The minimum Gasteiger partial charge on any atom is -0.481 e. The molecule has 0 spiro atoms. The Morgan fingerprint density at radius 3 is 2.35 bits per heavy atom. The summed E-state index contributed by atoms with van der Waals surface area (Å²) in [7, 11) is 2.92. The number of carboxylic acid groups (broad SMARTS) is 2. The first-order valence-electron chi connectivity index (χ1n) is 4.83. The molecule has 0 fully saturated rings. The summed E-state index contributed by atoms with van der Waals surface area (Å²) >= 11 is 0. The second-order valence-corrected chi connectivity index (χ2v) is 3.35. The molecule has 0 rings (SSSR count). The number of carbonyl (C=O) groups excluding carboxylic acids is 1. The van der Waals surface area contributed by atoms with Crippen molar-refractivity contribution in [1.82, 2.24) is 10.2 Å². The monoisotopic (exact) mass is 248 g/mol. The van der Waals surface area contributed by atoms with Gasteiger partial charge >= 0.3 is 18.0 Å². The average Bonchev–Trinajstić information content (AvgIpc) is 2.23. The molecule has 0 heterocycles. The van der Waals surface area contributed by atoms with Crippen LogP contribution < -0.4 is 5.32 Å². The fraction of sp³-hybridized carbons (Fsp3) is 0.667. The lowest BCUT2D eigenvalue weighted by Crippen LogP contribution is -2.48. The molecule has 0 radical (unpaired) electrons. The van der Waals surface area contributed by atoms with Gasteiger partial charge in [-0.25, -0.2) is 9.59 Å². The molecule has 0 aliphatic heterocycles. The summed E-state index contributed by atoms with van der Waals surface area (Å²) in [5.74, 6) is -2.68. The van der Waals surface area contributed by atoms with Crippen LogP contribution in [0.25, 0.3) is 0 Å². The number of hydrogen-bond donors (Lipinski definition) is 3. The molecule has 0 aromatic heterocycles. The zero-order chi connectivity index (χ0) is 13.4. The Morgan fingerprint density at radius 1 is 1.35 bits per heavy atom. The number of carboxylic acids is 2. The highest BCUT2D eigenvalue weighted by molar-refractivity contribution is 5.86. The number of urea groups is 1. The molecule has 8 heteroatoms. The van der Waals surface area contributed by atoms with E-state index in [0.29, 0.717) is 6.61 Å². The van der Waals surface area contributed by atoms with Gasteiger partial charge in [-0.05, 0) is 0 Å². The zero-order valence-electron chi connectivity index (χ0n) is 9.67. The lowest BCUT2D eigenvalue weighted by atomic mass is 10.2. The molecule has 0 aliphatic carbocycles. The molecule has 0 saturated heterocycles. The van der Waals surface area contributed by atoms with Crippen molar-refractivity contribution in [3.05, 3.63) is 0 Å². The van der Waals surface area contributed by atoms with E-state index in [9.17, 15) is 14.4 Å². The number of likely N-dealkylation sites (N-methyl/N-ethyl adjacent to an activating group) is 1. The molecule has 98 valence electrons. The summed E-state index contributed by atoms with van der Waals surface area (Å²) in [5.41, 5.74) is 0. The average molecular weight is 248 g/mol. The van der Waals surface area contributed by atoms with Gasteiger partial charge in [-0.3, -0.25) is 4.79 Å². The Labute approximate surface area is 98.2 Å². The van der Waals surface area contributed by atoms with Gasteiger partial charge in [0.05, 0.1) is 13.0 Å². The van der Waals surface area contributed by atoms with E-state index in [-0.39, 0.29) is 6.54 Å². The summed E-state index contributed by atoms with van der Waals surface area (Å²) < 4.78 is 4.75. The molecule has 3 N–H and O–H groups in total. The van der Waals surface area contributed by atoms with Crippen LogP contribution in [0.15, 0.2) is 0 Å². The normalized spacial score (nSPS) is 11.6. The van der Waals surface area contributed by atoms with Crippen molar-refractivity contribution >= 4 is 18.0 Å². The zero-order valence-corrected chi connectivity index (χ0v) is 9.67. The Morgan fingerprint density at radius 2 is 1.94 bits per heavy atom. The topological polar surface area (TPSA) is 116 Å². The van der Waals surface area contributed by atoms with Crippen molar-refractivity contribution in [2.24, 2.45) is 0 Å². The van der Waals surface area contributed by atoms with Crippen molar-refractivity contribution in [2.45, 2.75) is 12.5 Å². The molecule has 0 saturated carbocycles. The van der Waals surface area contributed by atoms with Gasteiger partial charge in [-0.15, -0.1) is 0 Å². The highest BCUT2D eigenvalue weighted by Gasteiger charge is 2.24. The van der Waals surface area contributed by atoms with Crippen LogP contribution in [0.1, 0.15) is 6.42 Å². The van der Waals surface area contributed by atoms with E-state index >= 15 is 0 Å². The molecule has 0 unspecified atom stereocenters. The van der Waals surface area contributed by atoms with Crippen LogP contribution in [0.5, 0.6) is 0 Å². The SMILES string of the molecule is COCCN(C)C(=O)N[C@@H](CC(=O)O)C(=O)O. The van der Waals surface area contributed by atoms with Gasteiger partial charge < -0.3 is 25.2 Å². The number of aliphatic carboxylic acids is 2. The largest absolute Gasteiger partial charge is 0.481 e. The van der Waals surface area contributed by atoms with Crippen LogP contribution in [0.2, 0.25) is 0 Å². The molecule has 1 atom stereocenters. The van der Waals surface area contributed by atoms with Crippen LogP contribution in [0.3, 0.4) is 0 Å². The Bertz CT molecular complexity index is 293. The predicted octanol–water partition coefficient (Wildman–Crippen LogP) is -0.798. The van der Waals surface area contributed by atoms with Crippen molar-refractivity contribution in [3.8, 4) is 0 Å². The minimum atomic E-state index is -1.44. The van der Waals surface area contributed by atoms with Crippen molar-refractivity contribution < 1.29 is 29.3 Å². The summed E-state index contributed by atoms with van der Waals surface area (Å²) in [5, 5.41) is 19.3. The van der Waals surface area contributed by atoms with E-state index in [1.807, 2.05) is 0 Å². The van der Waals surface area contributed by atoms with E-state index in [1.165, 1.54) is 19.1 Å². The van der Waals surface area contributed by atoms with Gasteiger partial charge in [0.25, 0.3) is 0 Å². The number of methoxy groups -OCH3 is 1. The predicted molar refractivity (Wildman–Crippen MR) is 56.7 cm³/mol. The van der Waals surface area contributed by atoms with Crippen molar-refractivity contribution in [1.29, 1.82) is 0 Å². The summed E-state index contributed by atoms with van der Waals surface area (Å²) in [4.78, 5) is 33.7. The molecule has 0 aliphatic rings. The highest BCUT2D eigenvalue weighted by Crippen LogP contribution is 1.95. The molecule has 0 bridgehead atoms. The van der Waals surface area contributed by atoms with E-state index in [2.05, 4.69) is 5.32 Å². The van der Waals surface area contributed by atoms with E-state index in [1.54, 1.807) is 0 Å². The molecule has 17 heavy (non-hydrogen) atoms. The third-order valence-corrected chi connectivity index (χ3v) is 1.95. The second-order valence-electron chi connectivity index (χ2n) is 3.35. The number of carbonyl (C=O) groups is 3. The molecule has 2 amide bonds. The summed E-state index contributed by atoms with van der Waals surface area (Å²) in [6.07, 6.45) is -0.667. The van der Waals surface area contributed by atoms with Gasteiger partial charge in [0, 0.05) is 20.7 Å². The second kappa shape index (κ2) is 7.44. The van der Waals surface area contributed by atoms with Gasteiger partial charge in [-0.2, -0.15) is 0 Å². The van der Waals surface area contributed by atoms with E-state index in [0.717, 1.165) is 0 Å². The first-order chi connectivity index (χ1) is 7.88. The maximum atomic E-state index is 11.4. The van der Waals surface area contributed by atoms with Crippen LogP contribution in [0, 0.1) is 0 Å². The van der Waals surface area contributed by atoms with Gasteiger partial charge in [0.15, 0.2) is 0 Å². The van der Waals surface area contributed by atoms with Gasteiger partial charge in [-0.1, -0.05) is 0 Å². The first-order valence-corrected chi connectivity index (χ1v) is 4.83. The third kappa shape index (κ3) is 6.36. The standard InChI is InChI=1S/C9H16N2O6/c1-11(3-4-17-2)9(16)10-6(8(14)15)5-7(12)13/h6H,3-5H2,1-2H3,(H,10,16)(H,12,13)(H,14,15)/t6-/m0/s1. The summed E-state index contributed by atoms with van der Waals surface area (Å²) in [6, 6.07) is -2.10. The molecule has 0 aromatic carbocycles. The van der Waals surface area contributed by atoms with Crippen molar-refractivity contribution in [2.75, 3.05) is 27.3 Å². The quantitative estimate of drug-likeness (QED) is 0.543. The fourth-order valence-electron chi connectivity index (χ4n) is 0.964. The first kappa shape index (κ1) is 15.2. The molecule has 0 aromatic rings. The number of hydrogen-bond acceptors (Lipinski definition) is 4. The third-order valence-electron chi connectivity index (χ3n) is 1.95. The number of ether oxygens (including phenoxy) is 1. The number of nitrogens with one attached hydrogen (secondary N) is 1. The van der Waals surface area contributed by atoms with E-state index in [4.69, 9.17) is 14.9 Å². The maximum absolute atomic E-state index is 11.4. The van der Waals surface area contributed by atoms with Gasteiger partial charge in [0.1, 0.15) is 6.04 Å². The smallest absolute Gasteiger partial charge is 0.326 e. The lowest BCUT2D eigenvalue weighted by Gasteiger charge is -2.20. The molecule has 8 nitrogen and oxygen atoms in total. The van der Waals surface area contributed by atoms with Gasteiger partial charge in [0.2, 0.25) is 0 Å². The van der Waals surface area contributed by atoms with Crippen LogP contribution in [0.4, 0.5) is 4.79 Å². The van der Waals surface area contributed by atoms with Crippen LogP contribution >= 0.6 is 0 Å². The molecular formula is C9H16N2O6. The Hall–Kier alpha value is -1.83. The van der Waals surface area contributed by atoms with Crippen LogP contribution in [-0.2, 0) is 14.3 Å². The maximum Gasteiger partial charge on any atom is 0.326 e. The molecular weight excluding hydrogens is 232 g/mol. The Balaban J connectivity index is 4.29. The minimum absolute atomic E-state index is 0.280. The number of nitrogens with zero attached hydrogens (tertiary/aromatic N) is 1. The Kier molecular flexibility index (Phi) is 6.64.